The van der Waals surface area contributed by atoms with Crippen LogP contribution in [-0.4, -0.2) is 71.5 Å². The van der Waals surface area contributed by atoms with E-state index in [1.165, 1.54) is 17.2 Å². The molecule has 6 N–H and O–H groups in total. The fourth-order valence-corrected chi connectivity index (χ4v) is 2.45. The Labute approximate surface area is 118 Å². The van der Waals surface area contributed by atoms with Crippen molar-refractivity contribution in [2.75, 3.05) is 18.9 Å². The van der Waals surface area contributed by atoms with E-state index in [0.717, 1.165) is 0 Å². The molecule has 2 aromatic heterocycles. The van der Waals surface area contributed by atoms with E-state index in [2.05, 4.69) is 15.0 Å². The highest BCUT2D eigenvalue weighted by molar-refractivity contribution is 5.81. The number of anilines is 1. The Hall–Kier alpha value is -1.85. The fourth-order valence-electron chi connectivity index (χ4n) is 2.45. The van der Waals surface area contributed by atoms with Gasteiger partial charge in [0.05, 0.1) is 19.5 Å². The molecule has 1 saturated heterocycles. The third-order valence-corrected chi connectivity index (χ3v) is 3.68. The van der Waals surface area contributed by atoms with Gasteiger partial charge < -0.3 is 30.9 Å². The molecule has 0 radical (unpaired) electrons. The summed E-state index contributed by atoms with van der Waals surface area (Å²) < 4.78 is 6.69. The largest absolute Gasteiger partial charge is 0.391 e. The molecule has 0 spiro atoms. The molecule has 0 aliphatic carbocycles. The molecule has 3 heterocycles. The lowest BCUT2D eigenvalue weighted by Gasteiger charge is -2.44. The Kier molecular flexibility index (Phi) is 3.26. The number of hydrogen-bond acceptors (Lipinski definition) is 9. The quantitative estimate of drug-likeness (QED) is 0.393. The van der Waals surface area contributed by atoms with Gasteiger partial charge in [-0.25, -0.2) is 15.0 Å². The van der Waals surface area contributed by atoms with Gasteiger partial charge in [0.1, 0.15) is 30.2 Å². The summed E-state index contributed by atoms with van der Waals surface area (Å²) in [5.74, 6) is 0.137. The molecule has 0 bridgehead atoms. The first-order valence-corrected chi connectivity index (χ1v) is 6.24. The Morgan fingerprint density at radius 1 is 1.33 bits per heavy atom. The normalized spacial score (nSPS) is 33.4. The van der Waals surface area contributed by atoms with E-state index < -0.39 is 30.6 Å². The maximum atomic E-state index is 10.2. The minimum Gasteiger partial charge on any atom is -0.391 e. The molecule has 0 saturated carbocycles. The van der Waals surface area contributed by atoms with Gasteiger partial charge in [-0.15, -0.1) is 0 Å². The van der Waals surface area contributed by atoms with Gasteiger partial charge in [-0.2, -0.15) is 0 Å². The topological polar surface area (TPSA) is 160 Å². The lowest BCUT2D eigenvalue weighted by atomic mass is 9.94. The Balaban J connectivity index is 2.16. The van der Waals surface area contributed by atoms with Gasteiger partial charge in [-0.1, -0.05) is 0 Å². The van der Waals surface area contributed by atoms with Crippen molar-refractivity contribution in [3.8, 4) is 0 Å². The van der Waals surface area contributed by atoms with Gasteiger partial charge in [-0.05, 0) is 0 Å². The van der Waals surface area contributed by atoms with Gasteiger partial charge in [0.25, 0.3) is 0 Å². The van der Waals surface area contributed by atoms with Crippen molar-refractivity contribution in [2.45, 2.75) is 24.0 Å². The van der Waals surface area contributed by atoms with Crippen molar-refractivity contribution in [2.24, 2.45) is 0 Å². The summed E-state index contributed by atoms with van der Waals surface area (Å²) in [7, 11) is 0. The van der Waals surface area contributed by atoms with Crippen LogP contribution in [-0.2, 0) is 10.5 Å². The first-order valence-electron chi connectivity index (χ1n) is 6.24. The SMILES string of the molecule is Nc1ncnc2c1ncn2[C@@]1(CO)OC[C@@H](O)[C@@H](O)[C@H]1O. The third-order valence-electron chi connectivity index (χ3n) is 3.68. The van der Waals surface area contributed by atoms with Crippen LogP contribution in [0, 0.1) is 0 Å². The molecule has 10 nitrogen and oxygen atoms in total. The third kappa shape index (κ3) is 1.88. The standard InChI is InChI=1S/C11H15N5O5/c12-9-6-10(14-3-13-9)16(4-15-6)11(2-17)8(20)7(19)5(18)1-21-11/h3-5,7-8,17-20H,1-2H2,(H2,12,13,14)/t5-,7-,8-,11+/m1/s1. The van der Waals surface area contributed by atoms with Gasteiger partial charge in [-0.3, -0.25) is 4.57 Å². The molecule has 3 rings (SSSR count). The number of nitrogens with two attached hydrogens (primary N) is 1. The number of aliphatic hydroxyl groups excluding tert-OH is 4. The second-order valence-electron chi connectivity index (χ2n) is 4.86. The lowest BCUT2D eigenvalue weighted by molar-refractivity contribution is -0.282. The molecule has 114 valence electrons. The fraction of sp³-hybridized carbons (Fsp3) is 0.545. The zero-order valence-electron chi connectivity index (χ0n) is 10.9. The van der Waals surface area contributed by atoms with Crippen molar-refractivity contribution in [3.05, 3.63) is 12.7 Å². The summed E-state index contributed by atoms with van der Waals surface area (Å²) in [6.45, 7) is -0.924. The zero-order chi connectivity index (χ0) is 15.2. The van der Waals surface area contributed by atoms with Crippen LogP contribution >= 0.6 is 0 Å². The molecular formula is C11H15N5O5. The van der Waals surface area contributed by atoms with Gasteiger partial charge in [0, 0.05) is 0 Å². The summed E-state index contributed by atoms with van der Waals surface area (Å²) in [6.07, 6.45) is -1.84. The molecule has 1 fully saturated rings. The van der Waals surface area contributed by atoms with Gasteiger partial charge in [0.2, 0.25) is 0 Å². The van der Waals surface area contributed by atoms with Crippen molar-refractivity contribution in [3.63, 3.8) is 0 Å². The van der Waals surface area contributed by atoms with Crippen LogP contribution in [0.1, 0.15) is 0 Å². The average molecular weight is 297 g/mol. The van der Waals surface area contributed by atoms with Crippen LogP contribution in [0.5, 0.6) is 0 Å². The number of nitrogen functional groups attached to an aromatic ring is 1. The molecule has 0 unspecified atom stereocenters. The van der Waals surface area contributed by atoms with E-state index in [4.69, 9.17) is 10.5 Å². The minimum atomic E-state index is -1.71. The minimum absolute atomic E-state index is 0.137. The van der Waals surface area contributed by atoms with Crippen LogP contribution in [0.25, 0.3) is 11.2 Å². The van der Waals surface area contributed by atoms with Crippen LogP contribution in [0.15, 0.2) is 12.7 Å². The molecular weight excluding hydrogens is 282 g/mol. The molecule has 1 aliphatic rings. The van der Waals surface area contributed by atoms with E-state index in [0.29, 0.717) is 0 Å². The van der Waals surface area contributed by atoms with E-state index in [1.807, 2.05) is 0 Å². The number of aliphatic hydroxyl groups is 4. The number of rotatable bonds is 2. The highest BCUT2D eigenvalue weighted by Gasteiger charge is 2.51. The smallest absolute Gasteiger partial charge is 0.199 e. The number of nitrogens with zero attached hydrogens (tertiary/aromatic N) is 4. The van der Waals surface area contributed by atoms with E-state index >= 15 is 0 Å². The van der Waals surface area contributed by atoms with E-state index in [-0.39, 0.29) is 23.6 Å². The number of hydrogen-bond donors (Lipinski definition) is 5. The first kappa shape index (κ1) is 14.1. The number of ether oxygens (including phenoxy) is 1. The van der Waals surface area contributed by atoms with E-state index in [1.54, 1.807) is 0 Å². The second kappa shape index (κ2) is 4.86. The van der Waals surface area contributed by atoms with Crippen molar-refractivity contribution >= 4 is 17.0 Å². The number of imidazole rings is 1. The lowest BCUT2D eigenvalue weighted by Crippen LogP contribution is -2.63. The molecule has 0 amide bonds. The maximum absolute atomic E-state index is 10.2. The monoisotopic (exact) mass is 297 g/mol. The molecule has 10 heteroatoms. The zero-order valence-corrected chi connectivity index (χ0v) is 10.9. The first-order chi connectivity index (χ1) is 10.0. The average Bonchev–Trinajstić information content (AvgIpc) is 2.92. The summed E-state index contributed by atoms with van der Waals surface area (Å²) >= 11 is 0. The Bertz CT molecular complexity index is 663. The van der Waals surface area contributed by atoms with Crippen LogP contribution in [0.2, 0.25) is 0 Å². The molecule has 2 aromatic rings. The van der Waals surface area contributed by atoms with Crippen LogP contribution < -0.4 is 5.73 Å². The predicted octanol–water partition coefficient (Wildman–Crippen LogP) is -2.83. The van der Waals surface area contributed by atoms with Gasteiger partial charge >= 0.3 is 0 Å². The van der Waals surface area contributed by atoms with E-state index in [9.17, 15) is 20.4 Å². The van der Waals surface area contributed by atoms with Crippen LogP contribution in [0.3, 0.4) is 0 Å². The summed E-state index contributed by atoms with van der Waals surface area (Å²) in [5.41, 5.74) is 4.49. The molecule has 21 heavy (non-hydrogen) atoms. The van der Waals surface area contributed by atoms with Crippen LogP contribution in [0.4, 0.5) is 5.82 Å². The number of aromatic nitrogens is 4. The van der Waals surface area contributed by atoms with Crippen molar-refractivity contribution in [1.82, 2.24) is 19.5 Å². The molecule has 4 atom stereocenters. The maximum Gasteiger partial charge on any atom is 0.199 e. The Morgan fingerprint density at radius 3 is 2.81 bits per heavy atom. The van der Waals surface area contributed by atoms with Crippen molar-refractivity contribution in [1.29, 1.82) is 0 Å². The summed E-state index contributed by atoms with van der Waals surface area (Å²) in [5, 5.41) is 39.4. The summed E-state index contributed by atoms with van der Waals surface area (Å²) in [4.78, 5) is 11.8. The molecule has 0 aromatic carbocycles. The van der Waals surface area contributed by atoms with Gasteiger partial charge in [0.15, 0.2) is 17.2 Å². The highest BCUT2D eigenvalue weighted by Crippen LogP contribution is 2.33. The predicted molar refractivity (Wildman–Crippen MR) is 68.8 cm³/mol. The number of fused-ring (bicyclic) bond motifs is 1. The summed E-state index contributed by atoms with van der Waals surface area (Å²) in [6, 6.07) is 0. The van der Waals surface area contributed by atoms with Crippen molar-refractivity contribution < 1.29 is 25.2 Å². The Morgan fingerprint density at radius 2 is 2.10 bits per heavy atom. The molecule has 1 aliphatic heterocycles. The highest BCUT2D eigenvalue weighted by atomic mass is 16.6. The second-order valence-corrected chi connectivity index (χ2v) is 4.86.